The van der Waals surface area contributed by atoms with Gasteiger partial charge in [-0.3, -0.25) is 4.68 Å². The van der Waals surface area contributed by atoms with Crippen molar-refractivity contribution < 1.29 is 8.42 Å². The van der Waals surface area contributed by atoms with Gasteiger partial charge < -0.3 is 0 Å². The fourth-order valence-electron chi connectivity index (χ4n) is 2.77. The average molecular weight is 340 g/mol. The first-order valence-electron chi connectivity index (χ1n) is 7.30. The van der Waals surface area contributed by atoms with Gasteiger partial charge in [0, 0.05) is 37.1 Å². The molecule has 0 aliphatic carbocycles. The number of piperidine rings is 1. The summed E-state index contributed by atoms with van der Waals surface area (Å²) in [5.74, 6) is 0.375. The molecule has 0 saturated carbocycles. The molecule has 1 aliphatic rings. The first kappa shape index (κ1) is 15.6. The normalized spacial score (nSPS) is 18.0. The summed E-state index contributed by atoms with van der Waals surface area (Å²) in [6.45, 7) is 4.91. The molecule has 3 heterocycles. The van der Waals surface area contributed by atoms with E-state index in [0.717, 1.165) is 17.8 Å². The van der Waals surface area contributed by atoms with Gasteiger partial charge in [-0.05, 0) is 26.7 Å². The van der Waals surface area contributed by atoms with Crippen LogP contribution in [0.4, 0.5) is 0 Å². The Balaban J connectivity index is 1.74. The van der Waals surface area contributed by atoms with Gasteiger partial charge in [0.25, 0.3) is 0 Å². The van der Waals surface area contributed by atoms with Crippen molar-refractivity contribution in [3.05, 3.63) is 28.0 Å². The Morgan fingerprint density at radius 3 is 2.41 bits per heavy atom. The highest BCUT2D eigenvalue weighted by molar-refractivity contribution is 7.89. The minimum absolute atomic E-state index is 0.318. The van der Waals surface area contributed by atoms with Crippen molar-refractivity contribution in [3.8, 4) is 0 Å². The monoisotopic (exact) mass is 340 g/mol. The zero-order valence-electron chi connectivity index (χ0n) is 13.0. The summed E-state index contributed by atoms with van der Waals surface area (Å²) < 4.78 is 28.6. The van der Waals surface area contributed by atoms with Crippen molar-refractivity contribution in [1.29, 1.82) is 0 Å². The van der Waals surface area contributed by atoms with Crippen molar-refractivity contribution in [1.82, 2.24) is 19.1 Å². The maximum atomic E-state index is 12.7. The second kappa shape index (κ2) is 5.75. The fraction of sp³-hybridized carbons (Fsp3) is 0.571. The van der Waals surface area contributed by atoms with Gasteiger partial charge in [-0.25, -0.2) is 13.4 Å². The molecule has 0 spiro atoms. The van der Waals surface area contributed by atoms with Crippen molar-refractivity contribution in [2.45, 2.75) is 37.5 Å². The van der Waals surface area contributed by atoms with E-state index in [9.17, 15) is 8.42 Å². The lowest BCUT2D eigenvalue weighted by Gasteiger charge is -2.30. The molecule has 0 amide bonds. The third kappa shape index (κ3) is 2.70. The molecule has 1 saturated heterocycles. The smallest absolute Gasteiger partial charge is 0.246 e. The average Bonchev–Trinajstić information content (AvgIpc) is 3.07. The Labute approximate surface area is 134 Å². The van der Waals surface area contributed by atoms with E-state index in [0.29, 0.717) is 29.6 Å². The number of aryl methyl sites for hydroxylation is 2. The molecule has 1 aliphatic heterocycles. The van der Waals surface area contributed by atoms with Gasteiger partial charge in [0.1, 0.15) is 4.90 Å². The number of hydrogen-bond donors (Lipinski definition) is 0. The molecule has 0 radical (unpaired) electrons. The highest BCUT2D eigenvalue weighted by Crippen LogP contribution is 2.33. The van der Waals surface area contributed by atoms with Gasteiger partial charge in [-0.2, -0.15) is 9.40 Å². The molecule has 6 nitrogen and oxygen atoms in total. The molecule has 22 heavy (non-hydrogen) atoms. The zero-order chi connectivity index (χ0) is 15.9. The SMILES string of the molecule is Cc1cnc(C2CCN(S(=O)(=O)c3cnn(C)c3C)CC2)s1. The molecule has 120 valence electrons. The largest absolute Gasteiger partial charge is 0.272 e. The zero-order valence-corrected chi connectivity index (χ0v) is 14.6. The summed E-state index contributed by atoms with van der Waals surface area (Å²) in [4.78, 5) is 5.96. The molecule has 2 aromatic rings. The summed E-state index contributed by atoms with van der Waals surface area (Å²) in [6.07, 6.45) is 4.99. The topological polar surface area (TPSA) is 68.1 Å². The highest BCUT2D eigenvalue weighted by atomic mass is 32.2. The van der Waals surface area contributed by atoms with Gasteiger partial charge in [-0.15, -0.1) is 11.3 Å². The van der Waals surface area contributed by atoms with E-state index in [4.69, 9.17) is 0 Å². The van der Waals surface area contributed by atoms with E-state index in [-0.39, 0.29) is 0 Å². The highest BCUT2D eigenvalue weighted by Gasteiger charge is 2.32. The summed E-state index contributed by atoms with van der Waals surface area (Å²) >= 11 is 1.71. The predicted molar refractivity (Wildman–Crippen MR) is 85.5 cm³/mol. The van der Waals surface area contributed by atoms with E-state index in [1.165, 1.54) is 11.1 Å². The van der Waals surface area contributed by atoms with E-state index >= 15 is 0 Å². The van der Waals surface area contributed by atoms with Gasteiger partial charge in [0.2, 0.25) is 10.0 Å². The van der Waals surface area contributed by atoms with Crippen LogP contribution in [0.3, 0.4) is 0 Å². The molecule has 0 unspecified atom stereocenters. The fourth-order valence-corrected chi connectivity index (χ4v) is 5.37. The summed E-state index contributed by atoms with van der Waals surface area (Å²) in [5, 5.41) is 5.18. The molecule has 0 N–H and O–H groups in total. The van der Waals surface area contributed by atoms with E-state index in [1.54, 1.807) is 34.3 Å². The maximum absolute atomic E-state index is 12.7. The third-order valence-corrected chi connectivity index (χ3v) is 7.33. The van der Waals surface area contributed by atoms with Gasteiger partial charge in [-0.1, -0.05) is 0 Å². The van der Waals surface area contributed by atoms with Crippen LogP contribution in [0.15, 0.2) is 17.3 Å². The van der Waals surface area contributed by atoms with Gasteiger partial charge in [0.15, 0.2) is 0 Å². The summed E-state index contributed by atoms with van der Waals surface area (Å²) in [6, 6.07) is 0. The standard InChI is InChI=1S/C14H20N4O2S2/c1-10-8-15-14(21-10)12-4-6-18(7-5-12)22(19,20)13-9-16-17(3)11(13)2/h8-9,12H,4-7H2,1-3H3. The lowest BCUT2D eigenvalue weighted by atomic mass is 9.99. The minimum Gasteiger partial charge on any atom is -0.272 e. The first-order chi connectivity index (χ1) is 10.4. The number of rotatable bonds is 3. The van der Waals surface area contributed by atoms with Crippen LogP contribution in [-0.4, -0.2) is 40.6 Å². The Kier molecular flexibility index (Phi) is 4.09. The second-order valence-electron chi connectivity index (χ2n) is 5.71. The lowest BCUT2D eigenvalue weighted by Crippen LogP contribution is -2.38. The van der Waals surface area contributed by atoms with Crippen LogP contribution in [0, 0.1) is 13.8 Å². The number of hydrogen-bond acceptors (Lipinski definition) is 5. The number of aromatic nitrogens is 3. The minimum atomic E-state index is -3.44. The van der Waals surface area contributed by atoms with Crippen LogP contribution in [0.2, 0.25) is 0 Å². The predicted octanol–water partition coefficient (Wildman–Crippen LogP) is 2.06. The van der Waals surface area contributed by atoms with Crippen molar-refractivity contribution in [3.63, 3.8) is 0 Å². The third-order valence-electron chi connectivity index (χ3n) is 4.25. The van der Waals surface area contributed by atoms with E-state index < -0.39 is 10.0 Å². The van der Waals surface area contributed by atoms with Crippen molar-refractivity contribution in [2.75, 3.05) is 13.1 Å². The van der Waals surface area contributed by atoms with Crippen LogP contribution >= 0.6 is 11.3 Å². The van der Waals surface area contributed by atoms with Crippen LogP contribution < -0.4 is 0 Å². The Hall–Kier alpha value is -1.25. The van der Waals surface area contributed by atoms with Crippen LogP contribution in [-0.2, 0) is 17.1 Å². The second-order valence-corrected chi connectivity index (χ2v) is 8.88. The number of sulfonamides is 1. The lowest BCUT2D eigenvalue weighted by molar-refractivity contribution is 0.319. The molecule has 0 atom stereocenters. The summed E-state index contributed by atoms with van der Waals surface area (Å²) in [5.41, 5.74) is 0.678. The molecule has 2 aromatic heterocycles. The van der Waals surface area contributed by atoms with Crippen molar-refractivity contribution >= 4 is 21.4 Å². The molecule has 1 fully saturated rings. The van der Waals surface area contributed by atoms with Crippen LogP contribution in [0.5, 0.6) is 0 Å². The Bertz CT molecular complexity index is 771. The Morgan fingerprint density at radius 2 is 1.91 bits per heavy atom. The maximum Gasteiger partial charge on any atom is 0.246 e. The van der Waals surface area contributed by atoms with Crippen LogP contribution in [0.1, 0.15) is 34.3 Å². The summed E-state index contributed by atoms with van der Waals surface area (Å²) in [7, 11) is -1.68. The van der Waals surface area contributed by atoms with E-state index in [2.05, 4.69) is 10.1 Å². The molecule has 0 aromatic carbocycles. The van der Waals surface area contributed by atoms with Gasteiger partial charge >= 0.3 is 0 Å². The number of nitrogens with zero attached hydrogens (tertiary/aromatic N) is 4. The quantitative estimate of drug-likeness (QED) is 0.858. The first-order valence-corrected chi connectivity index (χ1v) is 9.56. The molecular weight excluding hydrogens is 320 g/mol. The molecule has 3 rings (SSSR count). The molecule has 8 heteroatoms. The number of thiazole rings is 1. The van der Waals surface area contributed by atoms with Gasteiger partial charge in [0.05, 0.1) is 16.9 Å². The van der Waals surface area contributed by atoms with E-state index in [1.807, 2.05) is 13.1 Å². The van der Waals surface area contributed by atoms with Crippen LogP contribution in [0.25, 0.3) is 0 Å². The molecular formula is C14H20N4O2S2. The Morgan fingerprint density at radius 1 is 1.23 bits per heavy atom. The van der Waals surface area contributed by atoms with Crippen molar-refractivity contribution in [2.24, 2.45) is 7.05 Å². The molecule has 0 bridgehead atoms.